The Morgan fingerprint density at radius 2 is 1.23 bits per heavy atom. The molecular formula is C17H22ClI2N3O8. The number of rotatable bonds is 10. The first-order valence-electron chi connectivity index (χ1n) is 8.78. The van der Waals surface area contributed by atoms with E-state index in [0.29, 0.717) is 0 Å². The predicted molar refractivity (Wildman–Crippen MR) is 128 cm³/mol. The van der Waals surface area contributed by atoms with Gasteiger partial charge < -0.3 is 41.5 Å². The Kier molecular flexibility index (Phi) is 11.9. The van der Waals surface area contributed by atoms with E-state index in [0.717, 1.165) is 0 Å². The third-order valence-corrected chi connectivity index (χ3v) is 6.49. The predicted octanol–water partition coefficient (Wildman–Crippen LogP) is -0.966. The molecule has 0 heterocycles. The van der Waals surface area contributed by atoms with Crippen LogP contribution in [0.4, 0.5) is 5.69 Å². The maximum atomic E-state index is 12.8. The molecular weight excluding hydrogens is 663 g/mol. The summed E-state index contributed by atoms with van der Waals surface area (Å²) < 4.78 is 0.288. The highest BCUT2D eigenvalue weighted by Crippen LogP contribution is 2.37. The first-order valence-corrected chi connectivity index (χ1v) is 11.3. The average molecular weight is 686 g/mol. The van der Waals surface area contributed by atoms with E-state index in [9.17, 15) is 39.9 Å². The van der Waals surface area contributed by atoms with Gasteiger partial charge in [0.2, 0.25) is 0 Å². The van der Waals surface area contributed by atoms with Gasteiger partial charge in [0, 0.05) is 0 Å². The Labute approximate surface area is 209 Å². The number of aliphatic hydroxyl groups is 5. The molecule has 0 spiro atoms. The lowest BCUT2D eigenvalue weighted by Gasteiger charge is -2.22. The average Bonchev–Trinajstić information content (AvgIpc) is 2.72. The molecule has 1 aromatic carbocycles. The summed E-state index contributed by atoms with van der Waals surface area (Å²) in [4.78, 5) is 37.7. The van der Waals surface area contributed by atoms with Gasteiger partial charge in [-0.3, -0.25) is 14.4 Å². The molecule has 0 aliphatic carbocycles. The Morgan fingerprint density at radius 3 is 1.52 bits per heavy atom. The van der Waals surface area contributed by atoms with E-state index in [1.165, 1.54) is 6.92 Å². The Bertz CT molecular complexity index is 779. The number of halogens is 3. The maximum Gasteiger partial charge on any atom is 0.254 e. The zero-order valence-electron chi connectivity index (χ0n) is 16.2. The van der Waals surface area contributed by atoms with Gasteiger partial charge in [0.25, 0.3) is 17.7 Å². The summed E-state index contributed by atoms with van der Waals surface area (Å²) in [5, 5.41) is 53.3. The van der Waals surface area contributed by atoms with Crippen molar-refractivity contribution in [2.75, 3.05) is 31.7 Å². The minimum Gasteiger partial charge on any atom is -0.394 e. The zero-order valence-corrected chi connectivity index (χ0v) is 21.2. The molecule has 0 unspecified atom stereocenters. The molecule has 0 saturated heterocycles. The second kappa shape index (κ2) is 13.0. The van der Waals surface area contributed by atoms with Gasteiger partial charge in [-0.25, -0.2) is 0 Å². The number of amides is 3. The van der Waals surface area contributed by atoms with E-state index in [1.54, 1.807) is 45.2 Å². The number of aliphatic hydroxyl groups excluding tert-OH is 5. The van der Waals surface area contributed by atoms with Crippen LogP contribution in [0.25, 0.3) is 0 Å². The SMILES string of the molecule is C[C@H](O)C(=O)Nc1c(I)c(C(=O)NC(CO)CO)c(Cl)c(C(=O)NC(CO)CO)c1I. The topological polar surface area (TPSA) is 188 Å². The van der Waals surface area contributed by atoms with Gasteiger partial charge in [0.1, 0.15) is 6.10 Å². The third-order valence-electron chi connectivity index (χ3n) is 3.95. The zero-order chi connectivity index (χ0) is 23.9. The smallest absolute Gasteiger partial charge is 0.254 e. The largest absolute Gasteiger partial charge is 0.394 e. The van der Waals surface area contributed by atoms with Crippen LogP contribution in [0.5, 0.6) is 0 Å². The van der Waals surface area contributed by atoms with Gasteiger partial charge in [-0.2, -0.15) is 0 Å². The van der Waals surface area contributed by atoms with Crippen molar-refractivity contribution < 1.29 is 39.9 Å². The van der Waals surface area contributed by atoms with Crippen molar-refractivity contribution in [3.63, 3.8) is 0 Å². The highest BCUT2D eigenvalue weighted by Gasteiger charge is 2.30. The molecule has 14 heteroatoms. The van der Waals surface area contributed by atoms with Gasteiger partial charge in [0.05, 0.1) is 67.5 Å². The highest BCUT2D eigenvalue weighted by molar-refractivity contribution is 14.1. The fourth-order valence-electron chi connectivity index (χ4n) is 2.21. The summed E-state index contributed by atoms with van der Waals surface area (Å²) in [5.41, 5.74) is -0.406. The number of benzene rings is 1. The first kappa shape index (κ1) is 28.2. The summed E-state index contributed by atoms with van der Waals surface area (Å²) in [7, 11) is 0. The van der Waals surface area contributed by atoms with Gasteiger partial charge in [-0.15, -0.1) is 0 Å². The molecule has 174 valence electrons. The molecule has 0 bridgehead atoms. The second-order valence-electron chi connectivity index (χ2n) is 6.30. The van der Waals surface area contributed by atoms with E-state index in [2.05, 4.69) is 16.0 Å². The van der Waals surface area contributed by atoms with Crippen molar-refractivity contribution in [3.8, 4) is 0 Å². The number of anilines is 1. The van der Waals surface area contributed by atoms with Crippen LogP contribution in [-0.4, -0.2) is 87.9 Å². The van der Waals surface area contributed by atoms with E-state index in [4.69, 9.17) is 11.6 Å². The number of carbonyl (C=O) groups excluding carboxylic acids is 3. The molecule has 0 radical (unpaired) electrons. The van der Waals surface area contributed by atoms with E-state index in [1.807, 2.05) is 0 Å². The molecule has 0 aliphatic rings. The molecule has 31 heavy (non-hydrogen) atoms. The number of hydrogen-bond donors (Lipinski definition) is 8. The number of carbonyl (C=O) groups is 3. The monoisotopic (exact) mass is 685 g/mol. The lowest BCUT2D eigenvalue weighted by molar-refractivity contribution is -0.123. The minimum atomic E-state index is -1.39. The van der Waals surface area contributed by atoms with E-state index < -0.39 is 62.3 Å². The summed E-state index contributed by atoms with van der Waals surface area (Å²) in [6.45, 7) is -1.02. The van der Waals surface area contributed by atoms with E-state index >= 15 is 0 Å². The van der Waals surface area contributed by atoms with Crippen molar-refractivity contribution in [2.24, 2.45) is 0 Å². The molecule has 1 atom stereocenters. The van der Waals surface area contributed by atoms with Gasteiger partial charge >= 0.3 is 0 Å². The summed E-state index contributed by atoms with van der Waals surface area (Å²) >= 11 is 9.84. The van der Waals surface area contributed by atoms with Gasteiger partial charge in [-0.05, 0) is 52.1 Å². The summed E-state index contributed by atoms with van der Waals surface area (Å²) in [5.74, 6) is -2.47. The molecule has 1 rings (SSSR count). The van der Waals surface area contributed by atoms with E-state index in [-0.39, 0.29) is 29.0 Å². The standard InChI is InChI=1S/C17H22ClI2N3O8/c1-6(28)15(29)23-14-12(19)9(16(30)21-7(2-24)3-25)11(18)10(13(14)20)17(31)22-8(4-26)5-27/h6-8,24-28H,2-5H2,1H3,(H,21,30)(H,22,31)(H,23,29)/t6-/m0/s1. The molecule has 0 saturated carbocycles. The van der Waals surface area contributed by atoms with Crippen molar-refractivity contribution in [2.45, 2.75) is 25.1 Å². The van der Waals surface area contributed by atoms with Crippen LogP contribution in [0.15, 0.2) is 0 Å². The third kappa shape index (κ3) is 7.08. The summed E-state index contributed by atoms with van der Waals surface area (Å²) in [6, 6.07) is -2.00. The molecule has 3 amide bonds. The lowest BCUT2D eigenvalue weighted by atomic mass is 10.1. The normalized spacial score (nSPS) is 12.1. The van der Waals surface area contributed by atoms with Crippen molar-refractivity contribution in [1.29, 1.82) is 0 Å². The van der Waals surface area contributed by atoms with Crippen LogP contribution < -0.4 is 16.0 Å². The quantitative estimate of drug-likeness (QED) is 0.145. The van der Waals surface area contributed by atoms with Crippen LogP contribution in [0.1, 0.15) is 27.6 Å². The van der Waals surface area contributed by atoms with Gasteiger partial charge in [0.15, 0.2) is 0 Å². The van der Waals surface area contributed by atoms with Crippen molar-refractivity contribution >= 4 is 80.2 Å². The number of nitrogens with one attached hydrogen (secondary N) is 3. The Hall–Kier alpha value is -0.820. The van der Waals surface area contributed by atoms with Crippen LogP contribution in [0.2, 0.25) is 5.02 Å². The molecule has 0 aliphatic heterocycles. The summed E-state index contributed by atoms with van der Waals surface area (Å²) in [6.07, 6.45) is -1.39. The van der Waals surface area contributed by atoms with Crippen LogP contribution in [-0.2, 0) is 4.79 Å². The fraction of sp³-hybridized carbons (Fsp3) is 0.471. The maximum absolute atomic E-state index is 12.8. The highest BCUT2D eigenvalue weighted by atomic mass is 127. The molecule has 8 N–H and O–H groups in total. The van der Waals surface area contributed by atoms with Crippen molar-refractivity contribution in [1.82, 2.24) is 10.6 Å². The van der Waals surface area contributed by atoms with Crippen LogP contribution in [0, 0.1) is 7.14 Å². The Morgan fingerprint density at radius 1 is 0.871 bits per heavy atom. The lowest BCUT2D eigenvalue weighted by Crippen LogP contribution is -2.42. The first-order chi connectivity index (χ1) is 14.5. The molecule has 1 aromatic rings. The second-order valence-corrected chi connectivity index (χ2v) is 8.84. The van der Waals surface area contributed by atoms with Gasteiger partial charge in [-0.1, -0.05) is 11.6 Å². The van der Waals surface area contributed by atoms with Crippen molar-refractivity contribution in [3.05, 3.63) is 23.3 Å². The molecule has 0 aromatic heterocycles. The van der Waals surface area contributed by atoms with Crippen LogP contribution >= 0.6 is 56.8 Å². The molecule has 11 nitrogen and oxygen atoms in total. The molecule has 0 fully saturated rings. The van der Waals surface area contributed by atoms with Crippen LogP contribution in [0.3, 0.4) is 0 Å². The fourth-order valence-corrected chi connectivity index (χ4v) is 5.25. The minimum absolute atomic E-state index is 0.0286. The number of hydrogen-bond acceptors (Lipinski definition) is 8. The Balaban J connectivity index is 3.66.